The molecule has 3 heterocycles. The molecule has 2 aliphatic rings. The number of aryl methyl sites for hydroxylation is 1. The van der Waals surface area contributed by atoms with E-state index in [1.54, 1.807) is 6.20 Å². The van der Waals surface area contributed by atoms with Gasteiger partial charge in [0.15, 0.2) is 0 Å². The highest BCUT2D eigenvalue weighted by Gasteiger charge is 2.23. The fraction of sp³-hybridized carbons (Fsp3) is 0.542. The molecule has 31 heavy (non-hydrogen) atoms. The van der Waals surface area contributed by atoms with Crippen LogP contribution in [0.15, 0.2) is 23.1 Å². The highest BCUT2D eigenvalue weighted by Crippen LogP contribution is 2.33. The van der Waals surface area contributed by atoms with Crippen molar-refractivity contribution >= 4 is 27.7 Å². The van der Waals surface area contributed by atoms with Crippen molar-refractivity contribution in [1.82, 2.24) is 25.0 Å². The predicted molar refractivity (Wildman–Crippen MR) is 123 cm³/mol. The quantitative estimate of drug-likeness (QED) is 0.660. The Kier molecular flexibility index (Phi) is 5.52. The van der Waals surface area contributed by atoms with Gasteiger partial charge in [-0.25, -0.2) is 0 Å². The van der Waals surface area contributed by atoms with Gasteiger partial charge in [-0.15, -0.1) is 0 Å². The minimum atomic E-state index is -0.120. The third-order valence-corrected chi connectivity index (χ3v) is 6.99. The molecule has 0 radical (unpaired) electrons. The number of piperidine rings is 1. The third-order valence-electron chi connectivity index (χ3n) is 6.99. The van der Waals surface area contributed by atoms with Gasteiger partial charge in [0, 0.05) is 24.0 Å². The maximum atomic E-state index is 13.0. The van der Waals surface area contributed by atoms with Crippen LogP contribution in [0.5, 0.6) is 0 Å². The molecule has 164 valence electrons. The first-order valence-corrected chi connectivity index (χ1v) is 11.7. The summed E-state index contributed by atoms with van der Waals surface area (Å²) in [4.78, 5) is 31.1. The fourth-order valence-corrected chi connectivity index (χ4v) is 5.27. The van der Waals surface area contributed by atoms with Crippen LogP contribution < -0.4 is 10.9 Å². The molecule has 3 aromatic rings. The minimum Gasteiger partial charge on any atom is -0.351 e. The Hall–Kier alpha value is -2.67. The number of nitrogens with zero attached hydrogens (tertiary/aromatic N) is 3. The third kappa shape index (κ3) is 3.87. The highest BCUT2D eigenvalue weighted by molar-refractivity contribution is 6.07. The van der Waals surface area contributed by atoms with E-state index in [0.29, 0.717) is 23.5 Å². The van der Waals surface area contributed by atoms with Gasteiger partial charge in [-0.05, 0) is 63.4 Å². The molecule has 5 rings (SSSR count). The maximum Gasteiger partial charge on any atom is 0.259 e. The molecule has 2 fully saturated rings. The Morgan fingerprint density at radius 2 is 1.90 bits per heavy atom. The number of hydrogen-bond donors (Lipinski definition) is 2. The first kappa shape index (κ1) is 20.2. The van der Waals surface area contributed by atoms with E-state index in [1.165, 1.54) is 32.1 Å². The Bertz CT molecular complexity index is 1170. The number of aromatic nitrogens is 3. The average molecular weight is 422 g/mol. The van der Waals surface area contributed by atoms with Crippen molar-refractivity contribution in [3.05, 3.63) is 39.8 Å². The molecule has 0 spiro atoms. The Labute approximate surface area is 181 Å². The van der Waals surface area contributed by atoms with E-state index in [2.05, 4.69) is 20.3 Å². The standard InChI is InChI=1S/C24H31N5O2/c1-16-13-21-19(14-18(16)23(30)25-9-12-28-10-5-2-6-11-28)22-20(24(31)27-21)15-26-29(22)17-7-3-4-8-17/h13-15,17H,2-12H2,1H3,(H,25,30)(H,27,31). The zero-order valence-corrected chi connectivity index (χ0v) is 18.2. The van der Waals surface area contributed by atoms with Gasteiger partial charge in [0.25, 0.3) is 11.5 Å². The van der Waals surface area contributed by atoms with Crippen molar-refractivity contribution in [2.24, 2.45) is 0 Å². The number of nitrogens with one attached hydrogen (secondary N) is 2. The van der Waals surface area contributed by atoms with Crippen molar-refractivity contribution in [3.63, 3.8) is 0 Å². The van der Waals surface area contributed by atoms with Gasteiger partial charge in [0.2, 0.25) is 0 Å². The van der Waals surface area contributed by atoms with Crippen molar-refractivity contribution in [1.29, 1.82) is 0 Å². The highest BCUT2D eigenvalue weighted by atomic mass is 16.1. The van der Waals surface area contributed by atoms with E-state index in [9.17, 15) is 9.59 Å². The number of likely N-dealkylation sites (tertiary alicyclic amines) is 1. The van der Waals surface area contributed by atoms with Gasteiger partial charge in [-0.3, -0.25) is 14.3 Å². The zero-order chi connectivity index (χ0) is 21.4. The van der Waals surface area contributed by atoms with Crippen LogP contribution in [0.25, 0.3) is 21.8 Å². The molecule has 2 aromatic heterocycles. The number of amides is 1. The molecule has 0 atom stereocenters. The van der Waals surface area contributed by atoms with Crippen LogP contribution in [0.3, 0.4) is 0 Å². The van der Waals surface area contributed by atoms with Gasteiger partial charge in [0.1, 0.15) is 0 Å². The molecule has 1 aromatic carbocycles. The molecule has 1 amide bonds. The Morgan fingerprint density at radius 1 is 1.13 bits per heavy atom. The molecule has 1 saturated carbocycles. The normalized spacial score (nSPS) is 18.2. The molecule has 1 aliphatic carbocycles. The SMILES string of the molecule is Cc1cc2[nH]c(=O)c3cnn(C4CCCC4)c3c2cc1C(=O)NCCN1CCCCC1. The van der Waals surface area contributed by atoms with Crippen molar-refractivity contribution in [2.45, 2.75) is 57.9 Å². The molecule has 7 heteroatoms. The molecule has 1 aliphatic heterocycles. The monoisotopic (exact) mass is 421 g/mol. The number of aromatic amines is 1. The maximum absolute atomic E-state index is 13.0. The second kappa shape index (κ2) is 8.46. The molecule has 2 N–H and O–H groups in total. The predicted octanol–water partition coefficient (Wildman–Crippen LogP) is 3.52. The van der Waals surface area contributed by atoms with Gasteiger partial charge in [-0.1, -0.05) is 19.3 Å². The lowest BCUT2D eigenvalue weighted by Gasteiger charge is -2.26. The lowest BCUT2D eigenvalue weighted by molar-refractivity contribution is 0.0946. The van der Waals surface area contributed by atoms with Crippen LogP contribution in [0.4, 0.5) is 0 Å². The lowest BCUT2D eigenvalue weighted by atomic mass is 10.0. The summed E-state index contributed by atoms with van der Waals surface area (Å²) in [6.45, 7) is 5.72. The van der Waals surface area contributed by atoms with Gasteiger partial charge < -0.3 is 15.2 Å². The number of carbonyl (C=O) groups is 1. The lowest BCUT2D eigenvalue weighted by Crippen LogP contribution is -2.37. The van der Waals surface area contributed by atoms with Gasteiger partial charge >= 0.3 is 0 Å². The number of hydrogen-bond acceptors (Lipinski definition) is 4. The summed E-state index contributed by atoms with van der Waals surface area (Å²) in [7, 11) is 0. The smallest absolute Gasteiger partial charge is 0.259 e. The second-order valence-corrected chi connectivity index (χ2v) is 9.11. The van der Waals surface area contributed by atoms with Crippen LogP contribution in [0.2, 0.25) is 0 Å². The van der Waals surface area contributed by atoms with E-state index in [4.69, 9.17) is 0 Å². The van der Waals surface area contributed by atoms with E-state index in [-0.39, 0.29) is 11.5 Å². The van der Waals surface area contributed by atoms with Crippen molar-refractivity contribution in [2.75, 3.05) is 26.2 Å². The van der Waals surface area contributed by atoms with Crippen LogP contribution in [0.1, 0.15) is 66.9 Å². The zero-order valence-electron chi connectivity index (χ0n) is 18.2. The molecule has 7 nitrogen and oxygen atoms in total. The first-order valence-electron chi connectivity index (χ1n) is 11.7. The van der Waals surface area contributed by atoms with Crippen molar-refractivity contribution in [3.8, 4) is 0 Å². The summed E-state index contributed by atoms with van der Waals surface area (Å²) in [5, 5.41) is 9.17. The van der Waals surface area contributed by atoms with E-state index >= 15 is 0 Å². The number of H-pyrrole nitrogens is 1. The number of rotatable bonds is 5. The van der Waals surface area contributed by atoms with Crippen LogP contribution >= 0.6 is 0 Å². The number of benzene rings is 1. The van der Waals surface area contributed by atoms with Crippen molar-refractivity contribution < 1.29 is 4.79 Å². The van der Waals surface area contributed by atoms with E-state index < -0.39 is 0 Å². The molecule has 0 bridgehead atoms. The summed E-state index contributed by atoms with van der Waals surface area (Å²) in [5.74, 6) is -0.0531. The summed E-state index contributed by atoms with van der Waals surface area (Å²) in [5.41, 5.74) is 3.03. The van der Waals surface area contributed by atoms with Crippen LogP contribution in [-0.2, 0) is 0 Å². The summed E-state index contributed by atoms with van der Waals surface area (Å²) < 4.78 is 2.02. The second-order valence-electron chi connectivity index (χ2n) is 9.11. The van der Waals surface area contributed by atoms with Gasteiger partial charge in [0.05, 0.1) is 28.7 Å². The topological polar surface area (TPSA) is 83.0 Å². The summed E-state index contributed by atoms with van der Waals surface area (Å²) in [6, 6.07) is 4.18. The van der Waals surface area contributed by atoms with Crippen LogP contribution in [0, 0.1) is 6.92 Å². The minimum absolute atomic E-state index is 0.0531. The molecule has 0 unspecified atom stereocenters. The first-order chi connectivity index (χ1) is 15.1. The number of pyridine rings is 1. The average Bonchev–Trinajstić information content (AvgIpc) is 3.44. The Balaban J connectivity index is 1.47. The Morgan fingerprint density at radius 3 is 2.68 bits per heavy atom. The fourth-order valence-electron chi connectivity index (χ4n) is 5.27. The molecular weight excluding hydrogens is 390 g/mol. The number of carbonyl (C=O) groups excluding carboxylic acids is 1. The van der Waals surface area contributed by atoms with Crippen LogP contribution in [-0.4, -0.2) is 51.8 Å². The largest absolute Gasteiger partial charge is 0.351 e. The molecular formula is C24H31N5O2. The van der Waals surface area contributed by atoms with E-state index in [1.807, 2.05) is 23.7 Å². The number of fused-ring (bicyclic) bond motifs is 3. The molecule has 1 saturated heterocycles. The van der Waals surface area contributed by atoms with E-state index in [0.717, 1.165) is 54.5 Å². The summed E-state index contributed by atoms with van der Waals surface area (Å²) >= 11 is 0. The summed E-state index contributed by atoms with van der Waals surface area (Å²) in [6.07, 6.45) is 10.0. The van der Waals surface area contributed by atoms with Gasteiger partial charge in [-0.2, -0.15) is 5.10 Å².